The van der Waals surface area contributed by atoms with Crippen LogP contribution in [0.5, 0.6) is 11.5 Å². The number of hydrogen-bond acceptors (Lipinski definition) is 1. The number of ether oxygens (including phenoxy) is 1. The second-order valence-corrected chi connectivity index (χ2v) is 5.06. The van der Waals surface area contributed by atoms with Gasteiger partial charge in [0.15, 0.2) is 11.6 Å². The maximum atomic E-state index is 13.4. The predicted octanol–water partition coefficient (Wildman–Crippen LogP) is 5.44. The molecule has 0 spiro atoms. The quantitative estimate of drug-likeness (QED) is 0.722. The molecule has 0 aliphatic rings. The minimum Gasteiger partial charge on any atom is -0.457 e. The first-order chi connectivity index (χ1) is 9.51. The minimum atomic E-state index is -0.877. The summed E-state index contributed by atoms with van der Waals surface area (Å²) in [5, 5.41) is 0. The van der Waals surface area contributed by atoms with E-state index >= 15 is 0 Å². The second kappa shape index (κ2) is 6.04. The fourth-order valence-corrected chi connectivity index (χ4v) is 1.99. The van der Waals surface area contributed by atoms with E-state index in [1.807, 2.05) is 24.3 Å². The van der Waals surface area contributed by atoms with Gasteiger partial charge in [-0.25, -0.2) is 8.78 Å². The Bertz CT molecular complexity index is 589. The molecular weight excluding hydrogens is 258 g/mol. The van der Waals surface area contributed by atoms with Gasteiger partial charge in [0.05, 0.1) is 0 Å². The Labute approximate surface area is 118 Å². The van der Waals surface area contributed by atoms with Crippen LogP contribution in [0, 0.1) is 11.6 Å². The molecule has 0 aromatic heterocycles. The molecule has 0 saturated heterocycles. The third-order valence-corrected chi connectivity index (χ3v) is 3.24. The number of rotatable bonds is 4. The number of benzene rings is 2. The Morgan fingerprint density at radius 1 is 1.00 bits per heavy atom. The van der Waals surface area contributed by atoms with Gasteiger partial charge in [0.1, 0.15) is 11.5 Å². The normalized spacial score (nSPS) is 10.9. The molecular formula is C17H18F2O. The molecule has 0 aliphatic carbocycles. The van der Waals surface area contributed by atoms with Gasteiger partial charge in [-0.3, -0.25) is 0 Å². The summed E-state index contributed by atoms with van der Waals surface area (Å²) in [4.78, 5) is 0. The van der Waals surface area contributed by atoms with Crippen molar-refractivity contribution in [2.24, 2.45) is 0 Å². The van der Waals surface area contributed by atoms with E-state index in [1.54, 1.807) is 6.92 Å². The summed E-state index contributed by atoms with van der Waals surface area (Å²) in [6, 6.07) is 10.2. The Kier molecular flexibility index (Phi) is 4.38. The lowest BCUT2D eigenvalue weighted by molar-refractivity contribution is 0.457. The smallest absolute Gasteiger partial charge is 0.162 e. The fraction of sp³-hybridized carbons (Fsp3) is 0.294. The van der Waals surface area contributed by atoms with Gasteiger partial charge in [0, 0.05) is 6.07 Å². The molecule has 0 radical (unpaired) electrons. The van der Waals surface area contributed by atoms with Crippen molar-refractivity contribution in [1.29, 1.82) is 0 Å². The fourth-order valence-electron chi connectivity index (χ4n) is 1.99. The van der Waals surface area contributed by atoms with E-state index in [0.29, 0.717) is 29.4 Å². The van der Waals surface area contributed by atoms with Crippen LogP contribution in [-0.4, -0.2) is 0 Å². The highest BCUT2D eigenvalue weighted by molar-refractivity contribution is 5.37. The van der Waals surface area contributed by atoms with E-state index in [9.17, 15) is 8.78 Å². The molecule has 2 rings (SSSR count). The van der Waals surface area contributed by atoms with Crippen molar-refractivity contribution in [2.75, 3.05) is 0 Å². The first-order valence-electron chi connectivity index (χ1n) is 6.77. The highest BCUT2D eigenvalue weighted by atomic mass is 19.2. The van der Waals surface area contributed by atoms with Crippen LogP contribution >= 0.6 is 0 Å². The van der Waals surface area contributed by atoms with Crippen molar-refractivity contribution in [3.8, 4) is 11.5 Å². The summed E-state index contributed by atoms with van der Waals surface area (Å²) in [7, 11) is 0. The second-order valence-electron chi connectivity index (χ2n) is 5.06. The molecule has 1 nitrogen and oxygen atoms in total. The molecule has 0 heterocycles. The van der Waals surface area contributed by atoms with E-state index in [4.69, 9.17) is 4.74 Å². The van der Waals surface area contributed by atoms with Crippen molar-refractivity contribution < 1.29 is 13.5 Å². The molecule has 0 atom stereocenters. The third kappa shape index (κ3) is 3.16. The summed E-state index contributed by atoms with van der Waals surface area (Å²) in [5.41, 5.74) is 1.52. The first-order valence-corrected chi connectivity index (χ1v) is 6.77. The molecule has 0 saturated carbocycles. The number of hydrogen-bond donors (Lipinski definition) is 0. The van der Waals surface area contributed by atoms with Gasteiger partial charge in [-0.1, -0.05) is 32.9 Å². The van der Waals surface area contributed by atoms with Crippen LogP contribution in [0.1, 0.15) is 37.8 Å². The van der Waals surface area contributed by atoms with E-state index in [0.717, 1.165) is 6.07 Å². The Morgan fingerprint density at radius 3 is 2.20 bits per heavy atom. The molecule has 0 fully saturated rings. The zero-order valence-corrected chi connectivity index (χ0v) is 11.9. The number of aryl methyl sites for hydroxylation is 1. The highest BCUT2D eigenvalue weighted by Crippen LogP contribution is 2.27. The third-order valence-electron chi connectivity index (χ3n) is 3.24. The van der Waals surface area contributed by atoms with Gasteiger partial charge < -0.3 is 4.74 Å². The van der Waals surface area contributed by atoms with Gasteiger partial charge in [0.25, 0.3) is 0 Å². The van der Waals surface area contributed by atoms with Crippen LogP contribution in [-0.2, 0) is 6.42 Å². The predicted molar refractivity (Wildman–Crippen MR) is 76.3 cm³/mol. The summed E-state index contributed by atoms with van der Waals surface area (Å²) in [6.45, 7) is 6.00. The van der Waals surface area contributed by atoms with Gasteiger partial charge >= 0.3 is 0 Å². The van der Waals surface area contributed by atoms with Gasteiger partial charge in [0.2, 0.25) is 0 Å². The maximum Gasteiger partial charge on any atom is 0.162 e. The average molecular weight is 276 g/mol. The van der Waals surface area contributed by atoms with E-state index in [1.165, 1.54) is 11.6 Å². The Balaban J connectivity index is 2.23. The molecule has 0 bridgehead atoms. The lowest BCUT2D eigenvalue weighted by atomic mass is 10.0. The van der Waals surface area contributed by atoms with E-state index < -0.39 is 11.6 Å². The molecule has 3 heteroatoms. The monoisotopic (exact) mass is 276 g/mol. The SMILES string of the molecule is CCc1cc(Oc2ccc(C(C)C)cc2)cc(F)c1F. The van der Waals surface area contributed by atoms with Crippen LogP contribution in [0.4, 0.5) is 8.78 Å². The molecule has 0 amide bonds. The lowest BCUT2D eigenvalue weighted by Gasteiger charge is -2.10. The van der Waals surface area contributed by atoms with Crippen molar-refractivity contribution in [2.45, 2.75) is 33.1 Å². The van der Waals surface area contributed by atoms with Crippen LogP contribution in [0.2, 0.25) is 0 Å². The van der Waals surface area contributed by atoms with E-state index in [2.05, 4.69) is 13.8 Å². The lowest BCUT2D eigenvalue weighted by Crippen LogP contribution is -1.95. The molecule has 106 valence electrons. The van der Waals surface area contributed by atoms with Gasteiger partial charge in [-0.2, -0.15) is 0 Å². The van der Waals surface area contributed by atoms with Crippen LogP contribution in [0.15, 0.2) is 36.4 Å². The van der Waals surface area contributed by atoms with Crippen molar-refractivity contribution in [3.63, 3.8) is 0 Å². The first kappa shape index (κ1) is 14.5. The summed E-state index contributed by atoms with van der Waals surface area (Å²) in [6.07, 6.45) is 0.423. The van der Waals surface area contributed by atoms with Crippen molar-refractivity contribution in [3.05, 3.63) is 59.2 Å². The molecule has 20 heavy (non-hydrogen) atoms. The summed E-state index contributed by atoms with van der Waals surface area (Å²) in [5.74, 6) is -0.298. The summed E-state index contributed by atoms with van der Waals surface area (Å²) >= 11 is 0. The number of halogens is 2. The zero-order valence-electron chi connectivity index (χ0n) is 11.9. The maximum absolute atomic E-state index is 13.4. The standard InChI is InChI=1S/C17H18F2O/c1-4-12-9-15(10-16(18)17(12)19)20-14-7-5-13(6-8-14)11(2)3/h5-11H,4H2,1-3H3. The van der Waals surface area contributed by atoms with Crippen molar-refractivity contribution in [1.82, 2.24) is 0 Å². The Hall–Kier alpha value is -1.90. The molecule has 2 aromatic carbocycles. The molecule has 0 N–H and O–H groups in total. The van der Waals surface area contributed by atoms with Crippen LogP contribution < -0.4 is 4.74 Å². The largest absolute Gasteiger partial charge is 0.457 e. The molecule has 2 aromatic rings. The highest BCUT2D eigenvalue weighted by Gasteiger charge is 2.10. The van der Waals surface area contributed by atoms with E-state index in [-0.39, 0.29) is 0 Å². The molecule has 0 unspecified atom stereocenters. The Morgan fingerprint density at radius 2 is 1.65 bits per heavy atom. The molecule has 0 aliphatic heterocycles. The van der Waals surface area contributed by atoms with Gasteiger partial charge in [-0.05, 0) is 41.7 Å². The average Bonchev–Trinajstić information content (AvgIpc) is 2.43. The zero-order chi connectivity index (χ0) is 14.7. The van der Waals surface area contributed by atoms with Crippen LogP contribution in [0.25, 0.3) is 0 Å². The van der Waals surface area contributed by atoms with Crippen LogP contribution in [0.3, 0.4) is 0 Å². The van der Waals surface area contributed by atoms with Crippen molar-refractivity contribution >= 4 is 0 Å². The minimum absolute atomic E-state index is 0.318. The summed E-state index contributed by atoms with van der Waals surface area (Å²) < 4.78 is 32.5. The topological polar surface area (TPSA) is 9.23 Å². The van der Waals surface area contributed by atoms with Gasteiger partial charge in [-0.15, -0.1) is 0 Å².